The van der Waals surface area contributed by atoms with E-state index in [-0.39, 0.29) is 13.2 Å². The standard InChI is InChI=1S/C14H15NO4S/c1-15(12-4-6-20-8-12)7-11(3-2-5-16)14(13(17)18)9-19-10-14/h2-8H,9-10H2,1H3,(H,17,18)/b3-2-,11-7-. The minimum absolute atomic E-state index is 0.120. The van der Waals surface area contributed by atoms with Crippen LogP contribution in [0.1, 0.15) is 0 Å². The minimum Gasteiger partial charge on any atom is -0.480 e. The molecule has 1 aliphatic heterocycles. The van der Waals surface area contributed by atoms with Gasteiger partial charge in [0.15, 0.2) is 0 Å². The first kappa shape index (κ1) is 14.5. The van der Waals surface area contributed by atoms with E-state index in [2.05, 4.69) is 0 Å². The number of aldehydes is 1. The average molecular weight is 293 g/mol. The lowest BCUT2D eigenvalue weighted by atomic mass is 9.78. The zero-order valence-electron chi connectivity index (χ0n) is 11.0. The Hall–Kier alpha value is -1.92. The van der Waals surface area contributed by atoms with Crippen LogP contribution in [-0.4, -0.2) is 37.6 Å². The Morgan fingerprint density at radius 2 is 2.30 bits per heavy atom. The van der Waals surface area contributed by atoms with Crippen LogP contribution in [0.15, 0.2) is 40.8 Å². The van der Waals surface area contributed by atoms with Crippen molar-refractivity contribution in [2.24, 2.45) is 5.41 Å². The van der Waals surface area contributed by atoms with Crippen LogP contribution >= 0.6 is 11.3 Å². The molecule has 0 atom stereocenters. The molecule has 1 aromatic rings. The van der Waals surface area contributed by atoms with Gasteiger partial charge in [-0.25, -0.2) is 0 Å². The highest BCUT2D eigenvalue weighted by molar-refractivity contribution is 7.08. The molecule has 6 heteroatoms. The second-order valence-electron chi connectivity index (χ2n) is 4.55. The summed E-state index contributed by atoms with van der Waals surface area (Å²) in [5, 5.41) is 13.3. The molecule has 0 aromatic carbocycles. The second kappa shape index (κ2) is 6.02. The van der Waals surface area contributed by atoms with Gasteiger partial charge in [-0.1, -0.05) is 6.08 Å². The van der Waals surface area contributed by atoms with Crippen LogP contribution in [0.2, 0.25) is 0 Å². The zero-order valence-corrected chi connectivity index (χ0v) is 11.8. The number of aliphatic carboxylic acids is 1. The van der Waals surface area contributed by atoms with Crippen molar-refractivity contribution in [2.75, 3.05) is 25.2 Å². The summed E-state index contributed by atoms with van der Waals surface area (Å²) >= 11 is 1.56. The maximum Gasteiger partial charge on any atom is 0.318 e. The Morgan fingerprint density at radius 1 is 1.55 bits per heavy atom. The van der Waals surface area contributed by atoms with Gasteiger partial charge in [-0.15, -0.1) is 0 Å². The van der Waals surface area contributed by atoms with E-state index >= 15 is 0 Å². The van der Waals surface area contributed by atoms with Crippen molar-refractivity contribution in [1.82, 2.24) is 0 Å². The van der Waals surface area contributed by atoms with Crippen LogP contribution in [0, 0.1) is 5.41 Å². The normalized spacial score (nSPS) is 17.8. The number of allylic oxidation sites excluding steroid dienone is 2. The third-order valence-electron chi connectivity index (χ3n) is 3.26. The summed E-state index contributed by atoms with van der Waals surface area (Å²) in [6.07, 6.45) is 5.20. The summed E-state index contributed by atoms with van der Waals surface area (Å²) in [7, 11) is 1.84. The fourth-order valence-electron chi connectivity index (χ4n) is 1.93. The third kappa shape index (κ3) is 2.66. The van der Waals surface area contributed by atoms with Gasteiger partial charge in [-0.05, 0) is 23.1 Å². The number of ether oxygens (including phenoxy) is 1. The molecule has 0 amide bonds. The molecule has 1 aliphatic rings. The number of thiophene rings is 1. The summed E-state index contributed by atoms with van der Waals surface area (Å²) in [4.78, 5) is 23.9. The van der Waals surface area contributed by atoms with Crippen molar-refractivity contribution in [3.05, 3.63) is 40.8 Å². The Bertz CT molecular complexity index is 544. The van der Waals surface area contributed by atoms with Crippen molar-refractivity contribution in [3.63, 3.8) is 0 Å². The maximum atomic E-state index is 11.5. The molecule has 0 saturated carbocycles. The van der Waals surface area contributed by atoms with E-state index in [4.69, 9.17) is 4.74 Å². The number of carboxylic acid groups (broad SMARTS) is 1. The lowest BCUT2D eigenvalue weighted by Crippen LogP contribution is -2.50. The summed E-state index contributed by atoms with van der Waals surface area (Å²) < 4.78 is 5.07. The molecule has 0 spiro atoms. The van der Waals surface area contributed by atoms with Crippen molar-refractivity contribution >= 4 is 29.3 Å². The van der Waals surface area contributed by atoms with Gasteiger partial charge in [0.2, 0.25) is 0 Å². The number of rotatable bonds is 6. The van der Waals surface area contributed by atoms with Crippen molar-refractivity contribution < 1.29 is 19.4 Å². The fourth-order valence-corrected chi connectivity index (χ4v) is 2.61. The van der Waals surface area contributed by atoms with E-state index in [0.29, 0.717) is 11.9 Å². The van der Waals surface area contributed by atoms with Crippen LogP contribution in [0.4, 0.5) is 5.69 Å². The quantitative estimate of drug-likeness (QED) is 0.493. The molecule has 0 aliphatic carbocycles. The number of hydrogen-bond donors (Lipinski definition) is 1. The molecule has 5 nitrogen and oxygen atoms in total. The van der Waals surface area contributed by atoms with Gasteiger partial charge in [-0.3, -0.25) is 9.59 Å². The first-order valence-electron chi connectivity index (χ1n) is 6.00. The predicted molar refractivity (Wildman–Crippen MR) is 76.9 cm³/mol. The van der Waals surface area contributed by atoms with Gasteiger partial charge in [0, 0.05) is 18.6 Å². The van der Waals surface area contributed by atoms with Crippen molar-refractivity contribution in [2.45, 2.75) is 0 Å². The van der Waals surface area contributed by atoms with Gasteiger partial charge in [0.1, 0.15) is 11.7 Å². The minimum atomic E-state index is -1.07. The van der Waals surface area contributed by atoms with Gasteiger partial charge >= 0.3 is 5.97 Å². The lowest BCUT2D eigenvalue weighted by molar-refractivity contribution is -0.171. The Morgan fingerprint density at radius 3 is 2.75 bits per heavy atom. The van der Waals surface area contributed by atoms with Crippen LogP contribution < -0.4 is 4.90 Å². The number of nitrogens with zero attached hydrogens (tertiary/aromatic N) is 1. The van der Waals surface area contributed by atoms with Gasteiger partial charge < -0.3 is 14.7 Å². The van der Waals surface area contributed by atoms with Gasteiger partial charge in [0.25, 0.3) is 0 Å². The fraction of sp³-hybridized carbons (Fsp3) is 0.286. The molecule has 1 aromatic heterocycles. The Labute approximate surface area is 120 Å². The van der Waals surface area contributed by atoms with Crippen LogP contribution in [0.5, 0.6) is 0 Å². The first-order chi connectivity index (χ1) is 9.60. The number of carboxylic acids is 1. The van der Waals surface area contributed by atoms with Gasteiger partial charge in [-0.2, -0.15) is 11.3 Å². The largest absolute Gasteiger partial charge is 0.480 e. The smallest absolute Gasteiger partial charge is 0.318 e. The molecule has 2 heterocycles. The highest BCUT2D eigenvalue weighted by Gasteiger charge is 2.48. The second-order valence-corrected chi connectivity index (χ2v) is 5.33. The third-order valence-corrected chi connectivity index (χ3v) is 3.93. The monoisotopic (exact) mass is 293 g/mol. The van der Waals surface area contributed by atoms with Crippen molar-refractivity contribution in [1.29, 1.82) is 0 Å². The molecule has 1 fully saturated rings. The molecule has 1 saturated heterocycles. The SMILES string of the molecule is CN(/C=C(/C=C\C=O)C1(C(=O)O)COC1)c1ccsc1. The molecular formula is C14H15NO4S. The number of carbonyl (C=O) groups is 2. The first-order valence-corrected chi connectivity index (χ1v) is 6.95. The molecule has 2 rings (SSSR count). The van der Waals surface area contributed by atoms with Crippen molar-refractivity contribution in [3.8, 4) is 0 Å². The molecule has 0 radical (unpaired) electrons. The summed E-state index contributed by atoms with van der Waals surface area (Å²) in [5.41, 5.74) is 0.453. The maximum absolute atomic E-state index is 11.5. The van der Waals surface area contributed by atoms with E-state index in [9.17, 15) is 14.7 Å². The predicted octanol–water partition coefficient (Wildman–Crippen LogP) is 1.92. The van der Waals surface area contributed by atoms with E-state index < -0.39 is 11.4 Å². The number of carbonyl (C=O) groups excluding carboxylic acids is 1. The van der Waals surface area contributed by atoms with Crippen LogP contribution in [0.25, 0.3) is 0 Å². The zero-order chi connectivity index (χ0) is 14.6. The molecule has 0 bridgehead atoms. The number of hydrogen-bond acceptors (Lipinski definition) is 5. The van der Waals surface area contributed by atoms with E-state index in [1.807, 2.05) is 28.8 Å². The molecule has 0 unspecified atom stereocenters. The van der Waals surface area contributed by atoms with Crippen LogP contribution in [0.3, 0.4) is 0 Å². The highest BCUT2D eigenvalue weighted by atomic mass is 32.1. The van der Waals surface area contributed by atoms with E-state index in [0.717, 1.165) is 5.69 Å². The topological polar surface area (TPSA) is 66.8 Å². The van der Waals surface area contributed by atoms with Crippen LogP contribution in [-0.2, 0) is 14.3 Å². The molecule has 1 N–H and O–H groups in total. The summed E-state index contributed by atoms with van der Waals surface area (Å²) in [5.74, 6) is -0.940. The average Bonchev–Trinajstić information content (AvgIpc) is 2.87. The van der Waals surface area contributed by atoms with Gasteiger partial charge in [0.05, 0.1) is 18.9 Å². The summed E-state index contributed by atoms with van der Waals surface area (Å²) in [6.45, 7) is 0.240. The highest BCUT2D eigenvalue weighted by Crippen LogP contribution is 2.37. The summed E-state index contributed by atoms with van der Waals surface area (Å²) in [6, 6.07) is 1.94. The Balaban J connectivity index is 2.34. The Kier molecular flexibility index (Phi) is 4.36. The molecular weight excluding hydrogens is 278 g/mol. The van der Waals surface area contributed by atoms with E-state index in [1.165, 1.54) is 12.2 Å². The lowest BCUT2D eigenvalue weighted by Gasteiger charge is -2.39. The molecule has 20 heavy (non-hydrogen) atoms. The molecule has 106 valence electrons. The van der Waals surface area contributed by atoms with E-state index in [1.54, 1.807) is 17.5 Å². The number of anilines is 1.